The van der Waals surface area contributed by atoms with Gasteiger partial charge in [0.25, 0.3) is 0 Å². The summed E-state index contributed by atoms with van der Waals surface area (Å²) in [5.41, 5.74) is 7.40. The topological polar surface area (TPSA) is 38.0 Å². The molecule has 0 aromatic heterocycles. The number of nitrogens with one attached hydrogen (secondary N) is 1. The molecule has 0 saturated heterocycles. The summed E-state index contributed by atoms with van der Waals surface area (Å²) in [6.45, 7) is 2.33. The van der Waals surface area contributed by atoms with Crippen molar-refractivity contribution in [1.29, 1.82) is 0 Å². The van der Waals surface area contributed by atoms with E-state index in [1.54, 1.807) is 12.1 Å². The SMILES string of the molecule is CC(NCc1ccccc1N)c1cccc(C(F)(F)F)c1. The molecule has 2 rings (SSSR count). The van der Waals surface area contributed by atoms with Crippen LogP contribution in [-0.2, 0) is 12.7 Å². The maximum atomic E-state index is 12.7. The molecule has 0 fully saturated rings. The van der Waals surface area contributed by atoms with Crippen molar-refractivity contribution >= 4 is 5.69 Å². The molecule has 0 radical (unpaired) electrons. The van der Waals surface area contributed by atoms with Crippen molar-refractivity contribution < 1.29 is 13.2 Å². The van der Waals surface area contributed by atoms with E-state index in [-0.39, 0.29) is 6.04 Å². The molecule has 0 bridgehead atoms. The third-order valence-corrected chi connectivity index (χ3v) is 3.37. The van der Waals surface area contributed by atoms with Crippen LogP contribution in [0.4, 0.5) is 18.9 Å². The minimum absolute atomic E-state index is 0.202. The number of nitrogen functional groups attached to an aromatic ring is 1. The number of anilines is 1. The molecule has 1 atom stereocenters. The van der Waals surface area contributed by atoms with Gasteiger partial charge in [-0.2, -0.15) is 13.2 Å². The Morgan fingerprint density at radius 2 is 1.81 bits per heavy atom. The quantitative estimate of drug-likeness (QED) is 0.832. The van der Waals surface area contributed by atoms with Crippen LogP contribution < -0.4 is 11.1 Å². The first-order chi connectivity index (χ1) is 9.88. The van der Waals surface area contributed by atoms with Crippen LogP contribution >= 0.6 is 0 Å². The number of para-hydroxylation sites is 1. The number of hydrogen-bond acceptors (Lipinski definition) is 2. The fourth-order valence-corrected chi connectivity index (χ4v) is 2.06. The van der Waals surface area contributed by atoms with Crippen LogP contribution in [0.1, 0.15) is 29.7 Å². The minimum Gasteiger partial charge on any atom is -0.398 e. The Kier molecular flexibility index (Phi) is 4.53. The van der Waals surface area contributed by atoms with Crippen molar-refractivity contribution in [2.75, 3.05) is 5.73 Å². The van der Waals surface area contributed by atoms with Gasteiger partial charge in [-0.25, -0.2) is 0 Å². The van der Waals surface area contributed by atoms with E-state index in [0.29, 0.717) is 17.8 Å². The van der Waals surface area contributed by atoms with Crippen LogP contribution in [0.25, 0.3) is 0 Å². The molecule has 112 valence electrons. The third-order valence-electron chi connectivity index (χ3n) is 3.37. The Labute approximate surface area is 121 Å². The van der Waals surface area contributed by atoms with E-state index in [1.165, 1.54) is 12.1 Å². The van der Waals surface area contributed by atoms with E-state index in [4.69, 9.17) is 5.73 Å². The number of rotatable bonds is 4. The van der Waals surface area contributed by atoms with Crippen molar-refractivity contribution in [2.24, 2.45) is 0 Å². The Bertz CT molecular complexity index is 608. The zero-order valence-electron chi connectivity index (χ0n) is 11.6. The maximum Gasteiger partial charge on any atom is 0.416 e. The van der Waals surface area contributed by atoms with Crippen LogP contribution in [0, 0.1) is 0 Å². The van der Waals surface area contributed by atoms with Gasteiger partial charge in [0.2, 0.25) is 0 Å². The summed E-state index contributed by atoms with van der Waals surface area (Å²) < 4.78 is 38.1. The van der Waals surface area contributed by atoms with E-state index < -0.39 is 11.7 Å². The standard InChI is InChI=1S/C16H17F3N2/c1-11(21-10-13-5-2-3-8-15(13)20)12-6-4-7-14(9-12)16(17,18)19/h2-9,11,21H,10,20H2,1H3. The number of halogens is 3. The molecule has 3 N–H and O–H groups in total. The lowest BCUT2D eigenvalue weighted by atomic mass is 10.0. The summed E-state index contributed by atoms with van der Waals surface area (Å²) in [7, 11) is 0. The summed E-state index contributed by atoms with van der Waals surface area (Å²) in [4.78, 5) is 0. The van der Waals surface area contributed by atoms with Crippen LogP contribution in [0.5, 0.6) is 0 Å². The zero-order valence-corrected chi connectivity index (χ0v) is 11.6. The highest BCUT2D eigenvalue weighted by atomic mass is 19.4. The van der Waals surface area contributed by atoms with Gasteiger partial charge in [-0.1, -0.05) is 30.3 Å². The van der Waals surface area contributed by atoms with Gasteiger partial charge in [-0.3, -0.25) is 0 Å². The molecule has 1 unspecified atom stereocenters. The smallest absolute Gasteiger partial charge is 0.398 e. The zero-order chi connectivity index (χ0) is 15.5. The van der Waals surface area contributed by atoms with Crippen LogP contribution in [0.2, 0.25) is 0 Å². The van der Waals surface area contributed by atoms with Gasteiger partial charge in [0.05, 0.1) is 5.56 Å². The third kappa shape index (κ3) is 3.98. The molecule has 0 heterocycles. The van der Waals surface area contributed by atoms with Gasteiger partial charge in [0, 0.05) is 18.3 Å². The van der Waals surface area contributed by atoms with E-state index in [9.17, 15) is 13.2 Å². The molecule has 0 amide bonds. The van der Waals surface area contributed by atoms with E-state index >= 15 is 0 Å². The molecule has 0 aliphatic carbocycles. The monoisotopic (exact) mass is 294 g/mol. The van der Waals surface area contributed by atoms with E-state index in [1.807, 2.05) is 25.1 Å². The second kappa shape index (κ2) is 6.18. The van der Waals surface area contributed by atoms with Crippen molar-refractivity contribution in [3.63, 3.8) is 0 Å². The highest BCUT2D eigenvalue weighted by Crippen LogP contribution is 2.30. The molecule has 21 heavy (non-hydrogen) atoms. The normalized spacial score (nSPS) is 13.1. The van der Waals surface area contributed by atoms with Crippen LogP contribution in [0.3, 0.4) is 0 Å². The number of benzene rings is 2. The first kappa shape index (κ1) is 15.4. The average Bonchev–Trinajstić information content (AvgIpc) is 2.45. The molecule has 0 saturated carbocycles. The fraction of sp³-hybridized carbons (Fsp3) is 0.250. The van der Waals surface area contributed by atoms with Gasteiger partial charge in [-0.05, 0) is 36.2 Å². The van der Waals surface area contributed by atoms with Gasteiger partial charge >= 0.3 is 6.18 Å². The maximum absolute atomic E-state index is 12.7. The second-order valence-electron chi connectivity index (χ2n) is 4.92. The highest BCUT2D eigenvalue weighted by molar-refractivity contribution is 5.46. The molecule has 5 heteroatoms. The Morgan fingerprint density at radius 3 is 2.48 bits per heavy atom. The lowest BCUT2D eigenvalue weighted by molar-refractivity contribution is -0.137. The number of alkyl halides is 3. The lowest BCUT2D eigenvalue weighted by Crippen LogP contribution is -2.19. The predicted octanol–water partition coefficient (Wildman–Crippen LogP) is 4.14. The minimum atomic E-state index is -4.32. The van der Waals surface area contributed by atoms with Gasteiger partial charge in [0.1, 0.15) is 0 Å². The summed E-state index contributed by atoms with van der Waals surface area (Å²) in [6.07, 6.45) is -4.32. The summed E-state index contributed by atoms with van der Waals surface area (Å²) in [5.74, 6) is 0. The van der Waals surface area contributed by atoms with Gasteiger partial charge in [-0.15, -0.1) is 0 Å². The Morgan fingerprint density at radius 1 is 1.10 bits per heavy atom. The first-order valence-electron chi connectivity index (χ1n) is 6.62. The highest BCUT2D eigenvalue weighted by Gasteiger charge is 2.30. The summed E-state index contributed by atoms with van der Waals surface area (Å²) >= 11 is 0. The Hall–Kier alpha value is -2.01. The molecule has 2 aromatic rings. The molecule has 2 aromatic carbocycles. The van der Waals surface area contributed by atoms with E-state index in [2.05, 4.69) is 5.32 Å². The molecule has 0 aliphatic rings. The number of nitrogens with two attached hydrogens (primary N) is 1. The molecule has 0 aliphatic heterocycles. The van der Waals surface area contributed by atoms with Crippen molar-refractivity contribution in [1.82, 2.24) is 5.32 Å². The molecular formula is C16H17F3N2. The predicted molar refractivity (Wildman–Crippen MR) is 77.6 cm³/mol. The largest absolute Gasteiger partial charge is 0.416 e. The van der Waals surface area contributed by atoms with E-state index in [0.717, 1.165) is 11.6 Å². The van der Waals surface area contributed by atoms with Crippen LogP contribution in [-0.4, -0.2) is 0 Å². The average molecular weight is 294 g/mol. The van der Waals surface area contributed by atoms with Crippen LogP contribution in [0.15, 0.2) is 48.5 Å². The number of hydrogen-bond donors (Lipinski definition) is 2. The van der Waals surface area contributed by atoms with Crippen molar-refractivity contribution in [2.45, 2.75) is 25.7 Å². The molecular weight excluding hydrogens is 277 g/mol. The lowest BCUT2D eigenvalue weighted by Gasteiger charge is -2.17. The fourth-order valence-electron chi connectivity index (χ4n) is 2.06. The second-order valence-corrected chi connectivity index (χ2v) is 4.92. The van der Waals surface area contributed by atoms with Gasteiger partial charge < -0.3 is 11.1 Å². The summed E-state index contributed by atoms with van der Waals surface area (Å²) in [5, 5.41) is 3.19. The molecule has 0 spiro atoms. The Balaban J connectivity index is 2.07. The van der Waals surface area contributed by atoms with Crippen molar-refractivity contribution in [3.8, 4) is 0 Å². The molecule has 2 nitrogen and oxygen atoms in total. The van der Waals surface area contributed by atoms with Crippen molar-refractivity contribution in [3.05, 3.63) is 65.2 Å². The first-order valence-corrected chi connectivity index (χ1v) is 6.62. The summed E-state index contributed by atoms with van der Waals surface area (Å²) in [6, 6.07) is 12.6. The van der Waals surface area contributed by atoms with Gasteiger partial charge in [0.15, 0.2) is 0 Å².